The summed E-state index contributed by atoms with van der Waals surface area (Å²) in [4.78, 5) is 17.3. The monoisotopic (exact) mass is 265 g/mol. The third-order valence-electron chi connectivity index (χ3n) is 4.30. The van der Waals surface area contributed by atoms with Crippen LogP contribution in [0.25, 0.3) is 0 Å². The molecule has 0 radical (unpaired) electrons. The molecule has 1 aromatic heterocycles. The molecule has 1 aliphatic carbocycles. The molecule has 1 heterocycles. The van der Waals surface area contributed by atoms with Crippen LogP contribution in [0.2, 0.25) is 0 Å². The standard InChI is InChI=1S/C18H19NO/c1-12-8-9-15(11-13(12)2)18(20)16-7-3-5-14-6-4-10-19-17(14)16/h4,6,8-11,16H,3,5,7H2,1-2H3. The second-order valence-electron chi connectivity index (χ2n) is 5.66. The molecule has 3 rings (SSSR count). The fraction of sp³-hybridized carbons (Fsp3) is 0.333. The summed E-state index contributed by atoms with van der Waals surface area (Å²) in [6.07, 6.45) is 4.82. The lowest BCUT2D eigenvalue weighted by Gasteiger charge is -2.23. The Kier molecular flexibility index (Phi) is 3.39. The molecule has 0 spiro atoms. The molecule has 2 aromatic rings. The predicted molar refractivity (Wildman–Crippen MR) is 80.2 cm³/mol. The van der Waals surface area contributed by atoms with E-state index in [1.807, 2.05) is 24.3 Å². The summed E-state index contributed by atoms with van der Waals surface area (Å²) in [6, 6.07) is 10.0. The summed E-state index contributed by atoms with van der Waals surface area (Å²) in [7, 11) is 0. The van der Waals surface area contributed by atoms with Gasteiger partial charge in [-0.15, -0.1) is 0 Å². The smallest absolute Gasteiger partial charge is 0.171 e. The first-order chi connectivity index (χ1) is 9.66. The highest BCUT2D eigenvalue weighted by molar-refractivity contribution is 6.01. The van der Waals surface area contributed by atoms with Gasteiger partial charge in [0, 0.05) is 11.8 Å². The quantitative estimate of drug-likeness (QED) is 0.768. The van der Waals surface area contributed by atoms with E-state index in [9.17, 15) is 4.79 Å². The van der Waals surface area contributed by atoms with Crippen molar-refractivity contribution in [3.05, 3.63) is 64.5 Å². The molecule has 0 saturated heterocycles. The van der Waals surface area contributed by atoms with Gasteiger partial charge < -0.3 is 0 Å². The molecular formula is C18H19NO. The van der Waals surface area contributed by atoms with Crippen molar-refractivity contribution in [2.45, 2.75) is 39.0 Å². The Labute approximate surface area is 119 Å². The molecule has 0 amide bonds. The van der Waals surface area contributed by atoms with Crippen LogP contribution in [-0.2, 0) is 6.42 Å². The Morgan fingerprint density at radius 3 is 2.85 bits per heavy atom. The summed E-state index contributed by atoms with van der Waals surface area (Å²) in [6.45, 7) is 4.13. The summed E-state index contributed by atoms with van der Waals surface area (Å²) < 4.78 is 0. The lowest BCUT2D eigenvalue weighted by atomic mass is 9.81. The van der Waals surface area contributed by atoms with E-state index in [0.29, 0.717) is 0 Å². The molecule has 0 N–H and O–H groups in total. The Morgan fingerprint density at radius 1 is 1.20 bits per heavy atom. The molecule has 0 bridgehead atoms. The Hall–Kier alpha value is -1.96. The molecule has 1 aromatic carbocycles. The third kappa shape index (κ3) is 2.26. The van der Waals surface area contributed by atoms with Crippen LogP contribution in [0.4, 0.5) is 0 Å². The minimum atomic E-state index is -0.0675. The minimum absolute atomic E-state index is 0.0675. The van der Waals surface area contributed by atoms with Gasteiger partial charge in [0.1, 0.15) is 0 Å². The number of carbonyl (C=O) groups is 1. The molecule has 102 valence electrons. The van der Waals surface area contributed by atoms with Gasteiger partial charge in [-0.2, -0.15) is 0 Å². The minimum Gasteiger partial charge on any atom is -0.293 e. The zero-order valence-electron chi connectivity index (χ0n) is 12.0. The Bertz CT molecular complexity index is 660. The number of Topliss-reactive ketones (excluding diaryl/α,β-unsaturated/α-hetero) is 1. The average Bonchev–Trinajstić information content (AvgIpc) is 2.49. The highest BCUT2D eigenvalue weighted by Gasteiger charge is 2.28. The van der Waals surface area contributed by atoms with E-state index in [-0.39, 0.29) is 11.7 Å². The number of aromatic nitrogens is 1. The SMILES string of the molecule is Cc1ccc(C(=O)C2CCCc3cccnc32)cc1C. The van der Waals surface area contributed by atoms with E-state index in [4.69, 9.17) is 0 Å². The molecule has 0 fully saturated rings. The molecule has 2 heteroatoms. The number of benzene rings is 1. The number of aryl methyl sites for hydroxylation is 3. The normalized spacial score (nSPS) is 17.6. The number of ketones is 1. The summed E-state index contributed by atoms with van der Waals surface area (Å²) in [5.41, 5.74) is 5.44. The second-order valence-corrected chi connectivity index (χ2v) is 5.66. The maximum absolute atomic E-state index is 12.8. The molecule has 1 unspecified atom stereocenters. The molecule has 1 atom stereocenters. The van der Waals surface area contributed by atoms with E-state index in [0.717, 1.165) is 30.5 Å². The number of rotatable bonds is 2. The number of hydrogen-bond acceptors (Lipinski definition) is 2. The Balaban J connectivity index is 1.97. The van der Waals surface area contributed by atoms with E-state index in [1.54, 1.807) is 6.20 Å². The van der Waals surface area contributed by atoms with E-state index >= 15 is 0 Å². The van der Waals surface area contributed by atoms with Crippen molar-refractivity contribution in [3.8, 4) is 0 Å². The number of nitrogens with zero attached hydrogens (tertiary/aromatic N) is 1. The largest absolute Gasteiger partial charge is 0.293 e. The van der Waals surface area contributed by atoms with Gasteiger partial charge in [0.25, 0.3) is 0 Å². The van der Waals surface area contributed by atoms with Gasteiger partial charge in [0.2, 0.25) is 0 Å². The fourth-order valence-corrected chi connectivity index (χ4v) is 2.96. The topological polar surface area (TPSA) is 30.0 Å². The van der Waals surface area contributed by atoms with Gasteiger partial charge >= 0.3 is 0 Å². The van der Waals surface area contributed by atoms with Crippen LogP contribution >= 0.6 is 0 Å². The molecule has 0 saturated carbocycles. The highest BCUT2D eigenvalue weighted by Crippen LogP contribution is 2.32. The van der Waals surface area contributed by atoms with Crippen molar-refractivity contribution < 1.29 is 4.79 Å². The van der Waals surface area contributed by atoms with Crippen LogP contribution in [0.5, 0.6) is 0 Å². The van der Waals surface area contributed by atoms with Crippen LogP contribution in [0.1, 0.15) is 51.5 Å². The van der Waals surface area contributed by atoms with Crippen molar-refractivity contribution in [3.63, 3.8) is 0 Å². The van der Waals surface area contributed by atoms with Crippen LogP contribution < -0.4 is 0 Å². The zero-order valence-corrected chi connectivity index (χ0v) is 12.0. The van der Waals surface area contributed by atoms with Gasteiger partial charge in [-0.1, -0.05) is 18.2 Å². The predicted octanol–water partition coefficient (Wildman–Crippen LogP) is 4.00. The number of pyridine rings is 1. The third-order valence-corrected chi connectivity index (χ3v) is 4.30. The fourth-order valence-electron chi connectivity index (χ4n) is 2.96. The highest BCUT2D eigenvalue weighted by atomic mass is 16.1. The number of carbonyl (C=O) groups excluding carboxylic acids is 1. The number of fused-ring (bicyclic) bond motifs is 1. The van der Waals surface area contributed by atoms with Crippen LogP contribution in [0.3, 0.4) is 0 Å². The van der Waals surface area contributed by atoms with E-state index in [2.05, 4.69) is 24.9 Å². The van der Waals surface area contributed by atoms with Gasteiger partial charge in [0.05, 0.1) is 11.6 Å². The van der Waals surface area contributed by atoms with Gasteiger partial charge in [-0.25, -0.2) is 0 Å². The summed E-state index contributed by atoms with van der Waals surface area (Å²) in [5, 5.41) is 0. The first-order valence-corrected chi connectivity index (χ1v) is 7.22. The molecule has 2 nitrogen and oxygen atoms in total. The van der Waals surface area contributed by atoms with Crippen molar-refractivity contribution in [2.75, 3.05) is 0 Å². The average molecular weight is 265 g/mol. The Morgan fingerprint density at radius 2 is 2.05 bits per heavy atom. The maximum atomic E-state index is 12.8. The first-order valence-electron chi connectivity index (χ1n) is 7.22. The van der Waals surface area contributed by atoms with Crippen molar-refractivity contribution in [2.24, 2.45) is 0 Å². The summed E-state index contributed by atoms with van der Waals surface area (Å²) in [5.74, 6) is 0.148. The van der Waals surface area contributed by atoms with Crippen LogP contribution in [-0.4, -0.2) is 10.8 Å². The van der Waals surface area contributed by atoms with Crippen molar-refractivity contribution >= 4 is 5.78 Å². The lowest BCUT2D eigenvalue weighted by Crippen LogP contribution is -2.20. The van der Waals surface area contributed by atoms with Crippen LogP contribution in [0, 0.1) is 13.8 Å². The molecule has 1 aliphatic rings. The molecule has 20 heavy (non-hydrogen) atoms. The van der Waals surface area contributed by atoms with E-state index < -0.39 is 0 Å². The number of hydrogen-bond donors (Lipinski definition) is 0. The molecular weight excluding hydrogens is 246 g/mol. The second kappa shape index (κ2) is 5.20. The lowest BCUT2D eigenvalue weighted by molar-refractivity contribution is 0.0949. The van der Waals surface area contributed by atoms with E-state index in [1.165, 1.54) is 16.7 Å². The zero-order chi connectivity index (χ0) is 14.1. The first kappa shape index (κ1) is 13.0. The van der Waals surface area contributed by atoms with Crippen molar-refractivity contribution in [1.82, 2.24) is 4.98 Å². The summed E-state index contributed by atoms with van der Waals surface area (Å²) >= 11 is 0. The molecule has 0 aliphatic heterocycles. The van der Waals surface area contributed by atoms with Crippen LogP contribution in [0.15, 0.2) is 36.5 Å². The van der Waals surface area contributed by atoms with Crippen molar-refractivity contribution in [1.29, 1.82) is 0 Å². The van der Waals surface area contributed by atoms with Gasteiger partial charge in [-0.05, 0) is 61.9 Å². The maximum Gasteiger partial charge on any atom is 0.171 e. The van der Waals surface area contributed by atoms with Gasteiger partial charge in [-0.3, -0.25) is 9.78 Å². The van der Waals surface area contributed by atoms with Gasteiger partial charge in [0.15, 0.2) is 5.78 Å².